The van der Waals surface area contributed by atoms with Gasteiger partial charge in [-0.05, 0) is 35.6 Å². The second-order valence-corrected chi connectivity index (χ2v) is 5.85. The second kappa shape index (κ2) is 5.97. The Hall–Kier alpha value is -2.34. The number of thiophene rings is 1. The van der Waals surface area contributed by atoms with Gasteiger partial charge in [-0.25, -0.2) is 4.79 Å². The topological polar surface area (TPSA) is 77.8 Å². The first-order valence-corrected chi connectivity index (χ1v) is 7.59. The number of hydrogen-bond acceptors (Lipinski definition) is 3. The summed E-state index contributed by atoms with van der Waals surface area (Å²) < 4.78 is 0. The van der Waals surface area contributed by atoms with Crippen molar-refractivity contribution in [2.45, 2.75) is 19.4 Å². The minimum atomic E-state index is -0.220. The van der Waals surface area contributed by atoms with Gasteiger partial charge in [0.1, 0.15) is 0 Å². The van der Waals surface area contributed by atoms with Crippen molar-refractivity contribution in [1.82, 2.24) is 15.3 Å². The van der Waals surface area contributed by atoms with Crippen molar-refractivity contribution in [3.05, 3.63) is 56.6 Å². The van der Waals surface area contributed by atoms with Gasteiger partial charge < -0.3 is 15.3 Å². The number of aromatic nitrogens is 2. The monoisotopic (exact) mass is 301 g/mol. The highest BCUT2D eigenvalue weighted by Gasteiger charge is 2.04. The molecule has 3 rings (SSSR count). The smallest absolute Gasteiger partial charge is 0.323 e. The van der Waals surface area contributed by atoms with E-state index in [-0.39, 0.29) is 11.6 Å². The molecule has 1 amide bonds. The molecule has 0 aliphatic carbocycles. The Morgan fingerprint density at radius 2 is 2.05 bits per heavy atom. The van der Waals surface area contributed by atoms with Crippen LogP contribution in [0.1, 0.15) is 16.9 Å². The number of imidazole rings is 1. The fourth-order valence-corrected chi connectivity index (χ4v) is 2.88. The summed E-state index contributed by atoms with van der Waals surface area (Å²) >= 11 is 1.67. The highest BCUT2D eigenvalue weighted by Crippen LogP contribution is 2.12. The van der Waals surface area contributed by atoms with E-state index in [1.807, 2.05) is 35.7 Å². The Morgan fingerprint density at radius 3 is 2.86 bits per heavy atom. The van der Waals surface area contributed by atoms with Crippen molar-refractivity contribution in [3.8, 4) is 0 Å². The van der Waals surface area contributed by atoms with Crippen LogP contribution in [0.4, 0.5) is 0 Å². The number of fused-ring (bicyclic) bond motifs is 1. The summed E-state index contributed by atoms with van der Waals surface area (Å²) in [7, 11) is 0. The van der Waals surface area contributed by atoms with Crippen LogP contribution in [-0.4, -0.2) is 15.9 Å². The zero-order chi connectivity index (χ0) is 14.7. The molecule has 3 N–H and O–H groups in total. The first-order valence-electron chi connectivity index (χ1n) is 6.71. The highest BCUT2D eigenvalue weighted by molar-refractivity contribution is 7.09. The number of benzene rings is 1. The van der Waals surface area contributed by atoms with Gasteiger partial charge in [-0.15, -0.1) is 11.3 Å². The minimum Gasteiger partial charge on any atom is -0.352 e. The number of aromatic amines is 2. The number of aryl methyl sites for hydroxylation is 1. The zero-order valence-electron chi connectivity index (χ0n) is 11.3. The van der Waals surface area contributed by atoms with Crippen molar-refractivity contribution in [2.75, 3.05) is 0 Å². The molecule has 0 saturated heterocycles. The lowest BCUT2D eigenvalue weighted by molar-refractivity contribution is -0.121. The van der Waals surface area contributed by atoms with Crippen molar-refractivity contribution in [2.24, 2.45) is 0 Å². The SMILES string of the molecule is O=C(CCc1cccs1)NCc1ccc2[nH]c(=O)[nH]c2c1. The van der Waals surface area contributed by atoms with Gasteiger partial charge in [0.15, 0.2) is 0 Å². The molecule has 3 aromatic rings. The minimum absolute atomic E-state index is 0.0334. The molecule has 0 unspecified atom stereocenters. The van der Waals surface area contributed by atoms with Crippen molar-refractivity contribution < 1.29 is 4.79 Å². The molecule has 0 radical (unpaired) electrons. The predicted octanol–water partition coefficient (Wildman–Crippen LogP) is 2.17. The number of carbonyl (C=O) groups is 1. The van der Waals surface area contributed by atoms with Gasteiger partial charge in [-0.1, -0.05) is 12.1 Å². The Balaban J connectivity index is 1.55. The summed E-state index contributed by atoms with van der Waals surface area (Å²) in [6, 6.07) is 9.62. The highest BCUT2D eigenvalue weighted by atomic mass is 32.1. The molecule has 0 spiro atoms. The molecule has 5 nitrogen and oxygen atoms in total. The molecule has 0 bridgehead atoms. The molecule has 2 aromatic heterocycles. The predicted molar refractivity (Wildman–Crippen MR) is 83.4 cm³/mol. The number of amides is 1. The van der Waals surface area contributed by atoms with Crippen LogP contribution in [0.15, 0.2) is 40.5 Å². The first-order chi connectivity index (χ1) is 10.2. The molecule has 0 fully saturated rings. The van der Waals surface area contributed by atoms with Crippen LogP contribution in [0.25, 0.3) is 11.0 Å². The molecular formula is C15H15N3O2S. The van der Waals surface area contributed by atoms with Crippen molar-refractivity contribution in [3.63, 3.8) is 0 Å². The van der Waals surface area contributed by atoms with Gasteiger partial charge in [-0.3, -0.25) is 4.79 Å². The third kappa shape index (κ3) is 3.41. The van der Waals surface area contributed by atoms with E-state index in [0.29, 0.717) is 13.0 Å². The fraction of sp³-hybridized carbons (Fsp3) is 0.200. The van der Waals surface area contributed by atoms with E-state index in [4.69, 9.17) is 0 Å². The third-order valence-corrected chi connectivity index (χ3v) is 4.18. The van der Waals surface area contributed by atoms with Crippen LogP contribution in [0.2, 0.25) is 0 Å². The van der Waals surface area contributed by atoms with Gasteiger partial charge in [0, 0.05) is 17.8 Å². The molecular weight excluding hydrogens is 286 g/mol. The molecule has 6 heteroatoms. The van der Waals surface area contributed by atoms with Gasteiger partial charge >= 0.3 is 5.69 Å². The largest absolute Gasteiger partial charge is 0.352 e. The molecule has 0 aliphatic heterocycles. The maximum atomic E-state index is 11.8. The van der Waals surface area contributed by atoms with Crippen LogP contribution in [0.3, 0.4) is 0 Å². The van der Waals surface area contributed by atoms with E-state index in [9.17, 15) is 9.59 Å². The number of rotatable bonds is 5. The first kappa shape index (κ1) is 13.6. The normalized spacial score (nSPS) is 10.9. The Bertz CT molecular complexity index is 802. The molecule has 0 atom stereocenters. The lowest BCUT2D eigenvalue weighted by Crippen LogP contribution is -2.22. The van der Waals surface area contributed by atoms with Gasteiger partial charge in [0.25, 0.3) is 0 Å². The number of H-pyrrole nitrogens is 2. The molecule has 21 heavy (non-hydrogen) atoms. The van der Waals surface area contributed by atoms with Gasteiger partial charge in [-0.2, -0.15) is 0 Å². The number of nitrogens with one attached hydrogen (secondary N) is 3. The van der Waals surface area contributed by atoms with Crippen LogP contribution >= 0.6 is 11.3 Å². The Morgan fingerprint density at radius 1 is 1.19 bits per heavy atom. The van der Waals surface area contributed by atoms with E-state index < -0.39 is 0 Å². The molecule has 0 saturated carbocycles. The van der Waals surface area contributed by atoms with E-state index in [2.05, 4.69) is 15.3 Å². The summed E-state index contributed by atoms with van der Waals surface area (Å²) in [4.78, 5) is 29.6. The quantitative estimate of drug-likeness (QED) is 0.675. The lowest BCUT2D eigenvalue weighted by atomic mass is 10.2. The van der Waals surface area contributed by atoms with E-state index >= 15 is 0 Å². The average molecular weight is 301 g/mol. The van der Waals surface area contributed by atoms with Crippen molar-refractivity contribution >= 4 is 28.3 Å². The third-order valence-electron chi connectivity index (χ3n) is 3.25. The van der Waals surface area contributed by atoms with Gasteiger partial charge in [0.2, 0.25) is 5.91 Å². The van der Waals surface area contributed by atoms with Crippen molar-refractivity contribution in [1.29, 1.82) is 0 Å². The lowest BCUT2D eigenvalue weighted by Gasteiger charge is -2.05. The molecule has 1 aromatic carbocycles. The summed E-state index contributed by atoms with van der Waals surface area (Å²) in [6.07, 6.45) is 1.26. The maximum absolute atomic E-state index is 11.8. The van der Waals surface area contributed by atoms with Crippen LogP contribution < -0.4 is 11.0 Å². The Kier molecular flexibility index (Phi) is 3.87. The Labute approximate surface area is 125 Å². The van der Waals surface area contributed by atoms with Crippen LogP contribution in [0.5, 0.6) is 0 Å². The van der Waals surface area contributed by atoms with E-state index in [0.717, 1.165) is 23.0 Å². The second-order valence-electron chi connectivity index (χ2n) is 4.82. The summed E-state index contributed by atoms with van der Waals surface area (Å²) in [6.45, 7) is 0.465. The number of carbonyl (C=O) groups excluding carboxylic acids is 1. The number of hydrogen-bond donors (Lipinski definition) is 3. The standard InChI is InChI=1S/C15H15N3O2S/c19-14(6-4-11-2-1-7-21-11)16-9-10-3-5-12-13(8-10)18-15(20)17-12/h1-3,5,7-8H,4,6,9H2,(H,16,19)(H2,17,18,20). The summed E-state index contributed by atoms with van der Waals surface area (Å²) in [5.74, 6) is 0.0334. The average Bonchev–Trinajstić information content (AvgIpc) is 3.10. The molecule has 0 aliphatic rings. The van der Waals surface area contributed by atoms with E-state index in [1.165, 1.54) is 4.88 Å². The summed E-state index contributed by atoms with van der Waals surface area (Å²) in [5, 5.41) is 4.91. The van der Waals surface area contributed by atoms with E-state index in [1.54, 1.807) is 11.3 Å². The fourth-order valence-electron chi connectivity index (χ4n) is 2.17. The zero-order valence-corrected chi connectivity index (χ0v) is 12.1. The molecule has 2 heterocycles. The van der Waals surface area contributed by atoms with Crippen LogP contribution in [0, 0.1) is 0 Å². The summed E-state index contributed by atoms with van der Waals surface area (Å²) in [5.41, 5.74) is 2.27. The van der Waals surface area contributed by atoms with Crippen LogP contribution in [-0.2, 0) is 17.8 Å². The maximum Gasteiger partial charge on any atom is 0.323 e. The molecule has 108 valence electrons. The van der Waals surface area contributed by atoms with Gasteiger partial charge in [0.05, 0.1) is 11.0 Å².